The molecule has 1 aliphatic carbocycles. The summed E-state index contributed by atoms with van der Waals surface area (Å²) in [5, 5.41) is 10.6. The van der Waals surface area contributed by atoms with Crippen LogP contribution >= 0.6 is 0 Å². The van der Waals surface area contributed by atoms with Gasteiger partial charge in [-0.25, -0.2) is 9.97 Å². The third-order valence-corrected chi connectivity index (χ3v) is 6.37. The third kappa shape index (κ3) is 3.82. The second kappa shape index (κ2) is 8.15. The molecule has 3 aromatic rings. The molecule has 1 aliphatic heterocycles. The average Bonchev–Trinajstić information content (AvgIpc) is 3.18. The van der Waals surface area contributed by atoms with Gasteiger partial charge in [-0.3, -0.25) is 9.48 Å². The number of amides is 1. The van der Waals surface area contributed by atoms with E-state index in [0.29, 0.717) is 11.6 Å². The fourth-order valence-electron chi connectivity index (χ4n) is 4.81. The van der Waals surface area contributed by atoms with Crippen molar-refractivity contribution >= 4 is 23.2 Å². The van der Waals surface area contributed by atoms with Crippen LogP contribution in [0.2, 0.25) is 0 Å². The Labute approximate surface area is 193 Å². The van der Waals surface area contributed by atoms with E-state index in [9.17, 15) is 4.79 Å². The van der Waals surface area contributed by atoms with Gasteiger partial charge in [-0.05, 0) is 35.6 Å². The maximum Gasteiger partial charge on any atom is 0.271 e. The van der Waals surface area contributed by atoms with Gasteiger partial charge in [-0.2, -0.15) is 5.10 Å². The average molecular weight is 448 g/mol. The van der Waals surface area contributed by atoms with E-state index in [4.69, 9.17) is 9.72 Å². The lowest BCUT2D eigenvalue weighted by atomic mass is 9.73. The summed E-state index contributed by atoms with van der Waals surface area (Å²) in [7, 11) is 3.49. The van der Waals surface area contributed by atoms with E-state index in [-0.39, 0.29) is 11.3 Å². The molecule has 1 amide bonds. The molecule has 0 radical (unpaired) electrons. The van der Waals surface area contributed by atoms with E-state index in [1.165, 1.54) is 0 Å². The van der Waals surface area contributed by atoms with Gasteiger partial charge in [0.25, 0.3) is 5.91 Å². The number of anilines is 3. The quantitative estimate of drug-likeness (QED) is 0.635. The van der Waals surface area contributed by atoms with E-state index in [2.05, 4.69) is 51.6 Å². The Bertz CT molecular complexity index is 1210. The first-order chi connectivity index (χ1) is 15.9. The second-order valence-corrected chi connectivity index (χ2v) is 9.18. The molecule has 33 heavy (non-hydrogen) atoms. The molecule has 0 bridgehead atoms. The van der Waals surface area contributed by atoms with Crippen molar-refractivity contribution in [3.8, 4) is 11.4 Å². The van der Waals surface area contributed by atoms with Crippen molar-refractivity contribution < 1.29 is 9.53 Å². The SMILES string of the molecule is CNC(=O)c1nn(C)c2c1C(C)(C)Cc1cnc(Nc3cccc(N4CCOCC4)c3)nc1-2. The molecule has 2 N–H and O–H groups in total. The molecule has 5 rings (SSSR count). The molecule has 3 heterocycles. The van der Waals surface area contributed by atoms with Crippen molar-refractivity contribution in [2.45, 2.75) is 25.7 Å². The second-order valence-electron chi connectivity index (χ2n) is 9.18. The first-order valence-electron chi connectivity index (χ1n) is 11.2. The number of aromatic nitrogens is 4. The summed E-state index contributed by atoms with van der Waals surface area (Å²) in [5.74, 6) is 0.330. The van der Waals surface area contributed by atoms with Gasteiger partial charge in [0, 0.05) is 50.3 Å². The third-order valence-electron chi connectivity index (χ3n) is 6.37. The zero-order valence-electron chi connectivity index (χ0n) is 19.5. The number of aryl methyl sites for hydroxylation is 1. The highest BCUT2D eigenvalue weighted by molar-refractivity contribution is 5.96. The molecule has 2 aliphatic rings. The number of rotatable bonds is 4. The normalized spacial score (nSPS) is 16.7. The Kier molecular flexibility index (Phi) is 5.28. The zero-order valence-corrected chi connectivity index (χ0v) is 19.5. The molecule has 1 saturated heterocycles. The van der Waals surface area contributed by atoms with Crippen LogP contribution in [0.15, 0.2) is 30.5 Å². The van der Waals surface area contributed by atoms with E-state index in [1.807, 2.05) is 25.4 Å². The van der Waals surface area contributed by atoms with Crippen LogP contribution in [0.1, 0.15) is 35.5 Å². The number of morpholine rings is 1. The molecular formula is C24H29N7O2. The highest BCUT2D eigenvalue weighted by atomic mass is 16.5. The van der Waals surface area contributed by atoms with Gasteiger partial charge >= 0.3 is 0 Å². The predicted molar refractivity (Wildman–Crippen MR) is 127 cm³/mol. The van der Waals surface area contributed by atoms with Crippen molar-refractivity contribution in [2.75, 3.05) is 43.6 Å². The lowest BCUT2D eigenvalue weighted by Crippen LogP contribution is -2.36. The predicted octanol–water partition coefficient (Wildman–Crippen LogP) is 2.65. The Hall–Kier alpha value is -3.46. The molecule has 9 heteroatoms. The summed E-state index contributed by atoms with van der Waals surface area (Å²) in [6.45, 7) is 7.51. The summed E-state index contributed by atoms with van der Waals surface area (Å²) in [6, 6.07) is 8.25. The Morgan fingerprint density at radius 3 is 2.76 bits per heavy atom. The number of carbonyl (C=O) groups excluding carboxylic acids is 1. The van der Waals surface area contributed by atoms with Crippen LogP contribution in [-0.4, -0.2) is 59.0 Å². The van der Waals surface area contributed by atoms with E-state index >= 15 is 0 Å². The fourth-order valence-corrected chi connectivity index (χ4v) is 4.81. The van der Waals surface area contributed by atoms with Gasteiger partial charge in [0.2, 0.25) is 5.95 Å². The van der Waals surface area contributed by atoms with Crippen LogP contribution in [0.5, 0.6) is 0 Å². The molecule has 9 nitrogen and oxygen atoms in total. The minimum atomic E-state index is -0.261. The molecular weight excluding hydrogens is 418 g/mol. The lowest BCUT2D eigenvalue weighted by molar-refractivity contribution is 0.0955. The van der Waals surface area contributed by atoms with Crippen molar-refractivity contribution in [3.63, 3.8) is 0 Å². The summed E-state index contributed by atoms with van der Waals surface area (Å²) in [4.78, 5) is 24.3. The maximum absolute atomic E-state index is 12.5. The van der Waals surface area contributed by atoms with Gasteiger partial charge in [0.05, 0.1) is 24.6 Å². The number of hydrogen-bond donors (Lipinski definition) is 2. The molecule has 0 unspecified atom stereocenters. The van der Waals surface area contributed by atoms with Crippen molar-refractivity contribution in [1.29, 1.82) is 0 Å². The minimum Gasteiger partial charge on any atom is -0.378 e. The largest absolute Gasteiger partial charge is 0.378 e. The minimum absolute atomic E-state index is 0.185. The van der Waals surface area contributed by atoms with Crippen LogP contribution in [0.3, 0.4) is 0 Å². The lowest BCUT2D eigenvalue weighted by Gasteiger charge is -2.31. The Morgan fingerprint density at radius 1 is 1.21 bits per heavy atom. The highest BCUT2D eigenvalue weighted by Gasteiger charge is 2.39. The van der Waals surface area contributed by atoms with Gasteiger partial charge in [0.15, 0.2) is 5.69 Å². The number of fused-ring (bicyclic) bond motifs is 3. The van der Waals surface area contributed by atoms with Crippen molar-refractivity contribution in [2.24, 2.45) is 7.05 Å². The molecule has 0 spiro atoms. The standard InChI is InChI=1S/C24H29N7O2/c1-24(2)13-15-14-26-23(27-16-6-5-7-17(12-16)31-8-10-33-11-9-31)28-19(15)21-18(24)20(22(32)25-3)29-30(21)4/h5-7,12,14H,8-11,13H2,1-4H3,(H,25,32)(H,26,27,28). The van der Waals surface area contributed by atoms with Crippen LogP contribution in [-0.2, 0) is 23.6 Å². The van der Waals surface area contributed by atoms with Gasteiger partial charge in [0.1, 0.15) is 0 Å². The maximum atomic E-state index is 12.5. The number of carbonyl (C=O) groups is 1. The van der Waals surface area contributed by atoms with E-state index < -0.39 is 0 Å². The van der Waals surface area contributed by atoms with Gasteiger partial charge in [-0.1, -0.05) is 19.9 Å². The number of nitrogens with one attached hydrogen (secondary N) is 2. The molecule has 1 aromatic carbocycles. The van der Waals surface area contributed by atoms with Crippen LogP contribution in [0.25, 0.3) is 11.4 Å². The van der Waals surface area contributed by atoms with Crippen LogP contribution < -0.4 is 15.5 Å². The number of nitrogens with zero attached hydrogens (tertiary/aromatic N) is 5. The first kappa shape index (κ1) is 21.4. The van der Waals surface area contributed by atoms with E-state index in [0.717, 1.165) is 66.6 Å². The summed E-state index contributed by atoms with van der Waals surface area (Å²) < 4.78 is 7.23. The van der Waals surface area contributed by atoms with Gasteiger partial charge < -0.3 is 20.3 Å². The highest BCUT2D eigenvalue weighted by Crippen LogP contribution is 2.43. The molecule has 0 saturated carbocycles. The molecule has 1 fully saturated rings. The number of hydrogen-bond acceptors (Lipinski definition) is 7. The number of ether oxygens (including phenoxy) is 1. The number of benzene rings is 1. The fraction of sp³-hybridized carbons (Fsp3) is 0.417. The first-order valence-corrected chi connectivity index (χ1v) is 11.2. The van der Waals surface area contributed by atoms with Crippen LogP contribution in [0.4, 0.5) is 17.3 Å². The monoisotopic (exact) mass is 447 g/mol. The van der Waals surface area contributed by atoms with Crippen LogP contribution in [0, 0.1) is 0 Å². The smallest absolute Gasteiger partial charge is 0.271 e. The zero-order chi connectivity index (χ0) is 23.2. The molecule has 2 aromatic heterocycles. The molecule has 172 valence electrons. The van der Waals surface area contributed by atoms with Crippen molar-refractivity contribution in [1.82, 2.24) is 25.1 Å². The van der Waals surface area contributed by atoms with Crippen molar-refractivity contribution in [3.05, 3.63) is 47.3 Å². The summed E-state index contributed by atoms with van der Waals surface area (Å²) in [5.41, 5.74) is 5.92. The Balaban J connectivity index is 1.50. The summed E-state index contributed by atoms with van der Waals surface area (Å²) >= 11 is 0. The topological polar surface area (TPSA) is 97.2 Å². The molecule has 0 atom stereocenters. The van der Waals surface area contributed by atoms with E-state index in [1.54, 1.807) is 11.7 Å². The van der Waals surface area contributed by atoms with Gasteiger partial charge in [-0.15, -0.1) is 0 Å². The Morgan fingerprint density at radius 2 is 2.00 bits per heavy atom. The summed E-state index contributed by atoms with van der Waals surface area (Å²) in [6.07, 6.45) is 2.62.